The van der Waals surface area contributed by atoms with Gasteiger partial charge in [0.15, 0.2) is 0 Å². The second kappa shape index (κ2) is 10.3. The maximum atomic E-state index is 12.9. The van der Waals surface area contributed by atoms with Crippen LogP contribution < -0.4 is 11.1 Å². The second-order valence-corrected chi connectivity index (χ2v) is 7.23. The van der Waals surface area contributed by atoms with Gasteiger partial charge in [-0.1, -0.05) is 30.3 Å². The molecule has 0 fully saturated rings. The third-order valence-corrected chi connectivity index (χ3v) is 5.07. The van der Waals surface area contributed by atoms with Crippen LogP contribution >= 0.6 is 0 Å². The zero-order chi connectivity index (χ0) is 24.0. The van der Waals surface area contributed by atoms with E-state index in [1.807, 2.05) is 12.1 Å². The summed E-state index contributed by atoms with van der Waals surface area (Å²) in [6.45, 7) is 1.76. The van der Waals surface area contributed by atoms with Crippen molar-refractivity contribution in [3.05, 3.63) is 82.0 Å². The van der Waals surface area contributed by atoms with Crippen LogP contribution in [-0.2, 0) is 14.3 Å². The lowest BCUT2D eigenvalue weighted by Gasteiger charge is -2.25. The SMILES string of the molecule is CCOC(=O)C[C@@H](c1ccc([N+](=O)[O-])cc1)[C@@H](NC(=O)c1cnc2ccccc2c1)C(N)=O. The smallest absolute Gasteiger partial charge is 0.306 e. The Kier molecular flexibility index (Phi) is 7.29. The molecule has 0 unspecified atom stereocenters. The fourth-order valence-electron chi connectivity index (χ4n) is 3.46. The summed E-state index contributed by atoms with van der Waals surface area (Å²) < 4.78 is 5.00. The highest BCUT2D eigenvalue weighted by atomic mass is 16.6. The monoisotopic (exact) mass is 450 g/mol. The number of hydrogen-bond donors (Lipinski definition) is 2. The molecule has 0 aliphatic carbocycles. The number of para-hydroxylation sites is 1. The molecule has 0 bridgehead atoms. The molecule has 1 aromatic heterocycles. The van der Waals surface area contributed by atoms with Crippen molar-refractivity contribution in [3.63, 3.8) is 0 Å². The van der Waals surface area contributed by atoms with E-state index in [9.17, 15) is 24.5 Å². The quantitative estimate of drug-likeness (QED) is 0.288. The lowest BCUT2D eigenvalue weighted by Crippen LogP contribution is -2.48. The number of pyridine rings is 1. The number of esters is 1. The molecule has 0 saturated carbocycles. The molecule has 2 atom stereocenters. The van der Waals surface area contributed by atoms with Gasteiger partial charge in [0.1, 0.15) is 6.04 Å². The number of benzene rings is 2. The third-order valence-electron chi connectivity index (χ3n) is 5.07. The first-order valence-electron chi connectivity index (χ1n) is 10.1. The number of fused-ring (bicyclic) bond motifs is 1. The summed E-state index contributed by atoms with van der Waals surface area (Å²) in [7, 11) is 0. The highest BCUT2D eigenvalue weighted by molar-refractivity contribution is 6.00. The first-order chi connectivity index (χ1) is 15.8. The molecule has 0 saturated heterocycles. The summed E-state index contributed by atoms with van der Waals surface area (Å²) in [4.78, 5) is 52.1. The summed E-state index contributed by atoms with van der Waals surface area (Å²) >= 11 is 0. The summed E-state index contributed by atoms with van der Waals surface area (Å²) in [6.07, 6.45) is 1.11. The molecule has 3 rings (SSSR count). The first-order valence-corrected chi connectivity index (χ1v) is 10.1. The Morgan fingerprint density at radius 3 is 2.48 bits per heavy atom. The van der Waals surface area contributed by atoms with Crippen LogP contribution in [0.5, 0.6) is 0 Å². The molecule has 1 heterocycles. The number of rotatable bonds is 9. The number of carbonyl (C=O) groups is 3. The zero-order valence-electron chi connectivity index (χ0n) is 17.8. The van der Waals surface area contributed by atoms with E-state index in [-0.39, 0.29) is 24.3 Å². The van der Waals surface area contributed by atoms with Crippen molar-refractivity contribution in [2.75, 3.05) is 6.61 Å². The van der Waals surface area contributed by atoms with E-state index in [4.69, 9.17) is 10.5 Å². The molecular weight excluding hydrogens is 428 g/mol. The summed E-state index contributed by atoms with van der Waals surface area (Å²) in [5.74, 6) is -2.98. The number of primary amides is 1. The van der Waals surface area contributed by atoms with Gasteiger partial charge in [-0.2, -0.15) is 0 Å². The van der Waals surface area contributed by atoms with Gasteiger partial charge in [0.2, 0.25) is 5.91 Å². The van der Waals surface area contributed by atoms with Crippen molar-refractivity contribution in [1.29, 1.82) is 0 Å². The molecule has 2 amide bonds. The fourth-order valence-corrected chi connectivity index (χ4v) is 3.46. The number of ether oxygens (including phenoxy) is 1. The Labute approximate surface area is 188 Å². The molecule has 0 radical (unpaired) electrons. The van der Waals surface area contributed by atoms with Gasteiger partial charge >= 0.3 is 5.97 Å². The topological polar surface area (TPSA) is 155 Å². The van der Waals surface area contributed by atoms with Crippen LogP contribution in [0.1, 0.15) is 35.2 Å². The van der Waals surface area contributed by atoms with Gasteiger partial charge in [-0.05, 0) is 24.6 Å². The van der Waals surface area contributed by atoms with E-state index in [2.05, 4.69) is 10.3 Å². The van der Waals surface area contributed by atoms with Gasteiger partial charge in [-0.15, -0.1) is 0 Å². The predicted octanol–water partition coefficient (Wildman–Crippen LogP) is 2.46. The van der Waals surface area contributed by atoms with Gasteiger partial charge in [-0.3, -0.25) is 29.5 Å². The van der Waals surface area contributed by atoms with E-state index < -0.39 is 34.7 Å². The van der Waals surface area contributed by atoms with E-state index in [1.165, 1.54) is 30.5 Å². The van der Waals surface area contributed by atoms with E-state index in [0.717, 1.165) is 5.39 Å². The molecule has 10 heteroatoms. The number of nitrogens with two attached hydrogens (primary N) is 1. The number of nitrogens with zero attached hydrogens (tertiary/aromatic N) is 2. The zero-order valence-corrected chi connectivity index (χ0v) is 17.8. The summed E-state index contributed by atoms with van der Waals surface area (Å²) in [6, 6.07) is 12.9. The number of aromatic nitrogens is 1. The number of carbonyl (C=O) groups excluding carboxylic acids is 3. The lowest BCUT2D eigenvalue weighted by atomic mass is 9.87. The summed E-state index contributed by atoms with van der Waals surface area (Å²) in [5.41, 5.74) is 6.75. The number of non-ortho nitro benzene ring substituents is 1. The fraction of sp³-hybridized carbons (Fsp3) is 0.217. The van der Waals surface area contributed by atoms with Gasteiger partial charge in [0, 0.05) is 29.6 Å². The van der Waals surface area contributed by atoms with Crippen LogP contribution in [0.3, 0.4) is 0 Å². The number of nitro groups is 1. The molecule has 170 valence electrons. The van der Waals surface area contributed by atoms with Gasteiger partial charge < -0.3 is 15.8 Å². The van der Waals surface area contributed by atoms with Crippen molar-refractivity contribution >= 4 is 34.4 Å². The van der Waals surface area contributed by atoms with Crippen LogP contribution in [0, 0.1) is 10.1 Å². The number of nitro benzene ring substituents is 1. The molecule has 33 heavy (non-hydrogen) atoms. The predicted molar refractivity (Wildman–Crippen MR) is 119 cm³/mol. The molecule has 2 aromatic carbocycles. The van der Waals surface area contributed by atoms with Crippen LogP contribution in [0.2, 0.25) is 0 Å². The maximum absolute atomic E-state index is 12.9. The average molecular weight is 450 g/mol. The van der Waals surface area contributed by atoms with Gasteiger partial charge in [-0.25, -0.2) is 0 Å². The van der Waals surface area contributed by atoms with Gasteiger partial charge in [0.25, 0.3) is 11.6 Å². The van der Waals surface area contributed by atoms with Crippen LogP contribution in [-0.4, -0.2) is 40.3 Å². The minimum atomic E-state index is -1.28. The normalized spacial score (nSPS) is 12.5. The minimum absolute atomic E-state index is 0.127. The van der Waals surface area contributed by atoms with E-state index >= 15 is 0 Å². The Morgan fingerprint density at radius 1 is 1.15 bits per heavy atom. The first kappa shape index (κ1) is 23.3. The molecule has 0 aliphatic heterocycles. The molecular formula is C23H22N4O6. The van der Waals surface area contributed by atoms with Crippen molar-refractivity contribution in [3.8, 4) is 0 Å². The highest BCUT2D eigenvalue weighted by Gasteiger charge is 2.32. The van der Waals surface area contributed by atoms with Crippen LogP contribution in [0.15, 0.2) is 60.8 Å². The van der Waals surface area contributed by atoms with Crippen LogP contribution in [0.25, 0.3) is 10.9 Å². The van der Waals surface area contributed by atoms with Crippen molar-refractivity contribution in [2.45, 2.75) is 25.3 Å². The Bertz CT molecular complexity index is 1200. The maximum Gasteiger partial charge on any atom is 0.306 e. The molecule has 10 nitrogen and oxygen atoms in total. The molecule has 0 spiro atoms. The van der Waals surface area contributed by atoms with Crippen LogP contribution in [0.4, 0.5) is 5.69 Å². The Balaban J connectivity index is 1.92. The number of nitrogens with one attached hydrogen (secondary N) is 1. The second-order valence-electron chi connectivity index (χ2n) is 7.23. The third kappa shape index (κ3) is 5.67. The lowest BCUT2D eigenvalue weighted by molar-refractivity contribution is -0.384. The minimum Gasteiger partial charge on any atom is -0.466 e. The van der Waals surface area contributed by atoms with Crippen molar-refractivity contribution < 1.29 is 24.0 Å². The van der Waals surface area contributed by atoms with E-state index in [0.29, 0.717) is 11.1 Å². The largest absolute Gasteiger partial charge is 0.466 e. The average Bonchev–Trinajstić information content (AvgIpc) is 2.81. The molecule has 3 N–H and O–H groups in total. The highest BCUT2D eigenvalue weighted by Crippen LogP contribution is 2.27. The van der Waals surface area contributed by atoms with E-state index in [1.54, 1.807) is 25.1 Å². The molecule has 3 aromatic rings. The van der Waals surface area contributed by atoms with Crippen molar-refractivity contribution in [1.82, 2.24) is 10.3 Å². The molecule has 0 aliphatic rings. The van der Waals surface area contributed by atoms with Crippen molar-refractivity contribution in [2.24, 2.45) is 5.73 Å². The Hall–Kier alpha value is -4.34. The summed E-state index contributed by atoms with van der Waals surface area (Å²) in [5, 5.41) is 14.3. The standard InChI is InChI=1S/C23H22N4O6/c1-2-33-20(28)12-18(14-7-9-17(10-8-14)27(31)32)21(22(24)29)26-23(30)16-11-15-5-3-4-6-19(15)25-13-16/h3-11,13,18,21H,2,12H2,1H3,(H2,24,29)(H,26,30)/t18-,21+/m0/s1. The number of amides is 2. The van der Waals surface area contributed by atoms with Gasteiger partial charge in [0.05, 0.1) is 29.0 Å². The number of hydrogen-bond acceptors (Lipinski definition) is 7. The Morgan fingerprint density at radius 2 is 1.85 bits per heavy atom.